The SMILES string of the molecule is O=C(OCC(F)(F)F)N(Cc1ccc(Cl)cc1)C1CC1. The fourth-order valence-corrected chi connectivity index (χ4v) is 1.87. The van der Waals surface area contributed by atoms with E-state index in [0.717, 1.165) is 18.4 Å². The maximum absolute atomic E-state index is 12.1. The summed E-state index contributed by atoms with van der Waals surface area (Å²) in [6.07, 6.45) is -3.87. The standard InChI is InChI=1S/C13H13ClF3NO2/c14-10-3-1-9(2-4-10)7-18(11-5-6-11)12(19)20-8-13(15,16)17/h1-4,11H,5-8H2. The highest BCUT2D eigenvalue weighted by Gasteiger charge is 2.36. The first kappa shape index (κ1) is 15.0. The predicted octanol–water partition coefficient (Wildman–Crippen LogP) is 4.00. The zero-order valence-corrected chi connectivity index (χ0v) is 11.2. The fraction of sp³-hybridized carbons (Fsp3) is 0.462. The van der Waals surface area contributed by atoms with Crippen molar-refractivity contribution in [3.8, 4) is 0 Å². The van der Waals surface area contributed by atoms with Crippen LogP contribution in [0.3, 0.4) is 0 Å². The van der Waals surface area contributed by atoms with Gasteiger partial charge in [-0.05, 0) is 30.5 Å². The molecule has 1 aliphatic rings. The fourth-order valence-electron chi connectivity index (χ4n) is 1.74. The van der Waals surface area contributed by atoms with Gasteiger partial charge in [-0.15, -0.1) is 0 Å². The number of carbonyl (C=O) groups excluding carboxylic acids is 1. The van der Waals surface area contributed by atoms with E-state index in [9.17, 15) is 18.0 Å². The number of amides is 1. The summed E-state index contributed by atoms with van der Waals surface area (Å²) < 4.78 is 40.5. The Labute approximate surface area is 119 Å². The second kappa shape index (κ2) is 5.91. The van der Waals surface area contributed by atoms with Crippen LogP contribution in [-0.2, 0) is 11.3 Å². The maximum Gasteiger partial charge on any atom is 0.422 e. The van der Waals surface area contributed by atoms with Crippen molar-refractivity contribution in [1.29, 1.82) is 0 Å². The van der Waals surface area contributed by atoms with Gasteiger partial charge in [0.1, 0.15) is 0 Å². The van der Waals surface area contributed by atoms with Gasteiger partial charge in [-0.1, -0.05) is 23.7 Å². The van der Waals surface area contributed by atoms with E-state index in [0.29, 0.717) is 5.02 Å². The van der Waals surface area contributed by atoms with Crippen molar-refractivity contribution in [1.82, 2.24) is 4.90 Å². The number of hydrogen-bond donors (Lipinski definition) is 0. The first-order chi connectivity index (χ1) is 9.35. The van der Waals surface area contributed by atoms with E-state index in [1.54, 1.807) is 24.3 Å². The lowest BCUT2D eigenvalue weighted by Gasteiger charge is -2.22. The Balaban J connectivity index is 1.96. The van der Waals surface area contributed by atoms with Crippen LogP contribution in [0.25, 0.3) is 0 Å². The van der Waals surface area contributed by atoms with Crippen molar-refractivity contribution in [3.05, 3.63) is 34.9 Å². The third-order valence-corrected chi connectivity index (χ3v) is 3.10. The van der Waals surface area contributed by atoms with Gasteiger partial charge in [0, 0.05) is 17.6 Å². The maximum atomic E-state index is 12.1. The molecule has 1 aliphatic carbocycles. The van der Waals surface area contributed by atoms with Crippen LogP contribution in [0.5, 0.6) is 0 Å². The lowest BCUT2D eigenvalue weighted by Crippen LogP contribution is -2.35. The molecule has 0 aliphatic heterocycles. The van der Waals surface area contributed by atoms with Crippen molar-refractivity contribution >= 4 is 17.7 Å². The molecule has 1 amide bonds. The molecule has 20 heavy (non-hydrogen) atoms. The molecule has 0 aromatic heterocycles. The van der Waals surface area contributed by atoms with Crippen LogP contribution in [-0.4, -0.2) is 29.8 Å². The second-order valence-electron chi connectivity index (χ2n) is 4.66. The molecule has 1 aromatic carbocycles. The van der Waals surface area contributed by atoms with Crippen LogP contribution in [0, 0.1) is 0 Å². The van der Waals surface area contributed by atoms with Gasteiger partial charge in [0.25, 0.3) is 0 Å². The van der Waals surface area contributed by atoms with Crippen LogP contribution in [0.15, 0.2) is 24.3 Å². The lowest BCUT2D eigenvalue weighted by molar-refractivity contribution is -0.162. The Hall–Kier alpha value is -1.43. The molecule has 7 heteroatoms. The number of alkyl halides is 3. The van der Waals surface area contributed by atoms with Gasteiger partial charge >= 0.3 is 12.3 Å². The average Bonchev–Trinajstić information content (AvgIpc) is 3.18. The largest absolute Gasteiger partial charge is 0.440 e. The molecule has 0 heterocycles. The number of rotatable bonds is 4. The molecule has 1 fully saturated rings. The molecule has 0 saturated heterocycles. The molecule has 0 N–H and O–H groups in total. The third-order valence-electron chi connectivity index (χ3n) is 2.85. The average molecular weight is 308 g/mol. The van der Waals surface area contributed by atoms with Gasteiger partial charge < -0.3 is 9.64 Å². The zero-order chi connectivity index (χ0) is 14.8. The summed E-state index contributed by atoms with van der Waals surface area (Å²) in [6.45, 7) is -1.34. The Morgan fingerprint density at radius 2 is 1.90 bits per heavy atom. The number of nitrogens with zero attached hydrogens (tertiary/aromatic N) is 1. The highest BCUT2D eigenvalue weighted by Crippen LogP contribution is 2.29. The van der Waals surface area contributed by atoms with E-state index < -0.39 is 18.9 Å². The lowest BCUT2D eigenvalue weighted by atomic mass is 10.2. The first-order valence-corrected chi connectivity index (χ1v) is 6.47. The summed E-state index contributed by atoms with van der Waals surface area (Å²) in [5.41, 5.74) is 0.797. The Kier molecular flexibility index (Phi) is 4.42. The molecule has 1 aromatic rings. The van der Waals surface area contributed by atoms with Gasteiger partial charge in [0.15, 0.2) is 6.61 Å². The minimum absolute atomic E-state index is 0.0357. The van der Waals surface area contributed by atoms with Gasteiger partial charge in [0.05, 0.1) is 0 Å². The smallest absolute Gasteiger partial charge is 0.422 e. The molecule has 0 bridgehead atoms. The van der Waals surface area contributed by atoms with E-state index in [1.165, 1.54) is 4.90 Å². The van der Waals surface area contributed by atoms with Crippen molar-refractivity contribution in [2.45, 2.75) is 31.6 Å². The Morgan fingerprint density at radius 1 is 1.30 bits per heavy atom. The van der Waals surface area contributed by atoms with Crippen LogP contribution < -0.4 is 0 Å². The quantitative estimate of drug-likeness (QED) is 0.841. The van der Waals surface area contributed by atoms with Gasteiger partial charge in [-0.3, -0.25) is 0 Å². The van der Waals surface area contributed by atoms with Crippen molar-refractivity contribution < 1.29 is 22.7 Å². The van der Waals surface area contributed by atoms with E-state index in [-0.39, 0.29) is 12.6 Å². The highest BCUT2D eigenvalue weighted by atomic mass is 35.5. The van der Waals surface area contributed by atoms with Crippen molar-refractivity contribution in [2.75, 3.05) is 6.61 Å². The molecular weight excluding hydrogens is 295 g/mol. The van der Waals surface area contributed by atoms with Gasteiger partial charge in [0.2, 0.25) is 0 Å². The van der Waals surface area contributed by atoms with Crippen LogP contribution in [0.1, 0.15) is 18.4 Å². The molecule has 110 valence electrons. The summed E-state index contributed by atoms with van der Waals surface area (Å²) in [5, 5.41) is 0.561. The third kappa shape index (κ3) is 4.59. The van der Waals surface area contributed by atoms with E-state index in [2.05, 4.69) is 4.74 Å². The number of carbonyl (C=O) groups is 1. The summed E-state index contributed by atoms with van der Waals surface area (Å²) in [6, 6.07) is 6.77. The molecular formula is C13H13ClF3NO2. The van der Waals surface area contributed by atoms with E-state index in [4.69, 9.17) is 11.6 Å². The molecule has 0 atom stereocenters. The summed E-state index contributed by atoms with van der Waals surface area (Å²) in [5.74, 6) is 0. The highest BCUT2D eigenvalue weighted by molar-refractivity contribution is 6.30. The Morgan fingerprint density at radius 3 is 2.40 bits per heavy atom. The van der Waals surface area contributed by atoms with Crippen LogP contribution in [0.2, 0.25) is 5.02 Å². The molecule has 1 saturated carbocycles. The van der Waals surface area contributed by atoms with E-state index in [1.807, 2.05) is 0 Å². The molecule has 2 rings (SSSR count). The minimum Gasteiger partial charge on any atom is -0.440 e. The number of ether oxygens (including phenoxy) is 1. The van der Waals surface area contributed by atoms with Gasteiger partial charge in [-0.25, -0.2) is 4.79 Å². The molecule has 0 radical (unpaired) electrons. The minimum atomic E-state index is -4.51. The van der Waals surface area contributed by atoms with Crippen molar-refractivity contribution in [2.24, 2.45) is 0 Å². The van der Waals surface area contributed by atoms with Gasteiger partial charge in [-0.2, -0.15) is 13.2 Å². The van der Waals surface area contributed by atoms with Crippen LogP contribution >= 0.6 is 11.6 Å². The molecule has 0 unspecified atom stereocenters. The van der Waals surface area contributed by atoms with E-state index >= 15 is 0 Å². The topological polar surface area (TPSA) is 29.5 Å². The van der Waals surface area contributed by atoms with Crippen molar-refractivity contribution in [3.63, 3.8) is 0 Å². The monoisotopic (exact) mass is 307 g/mol. The molecule has 3 nitrogen and oxygen atoms in total. The normalized spacial score (nSPS) is 15.0. The first-order valence-electron chi connectivity index (χ1n) is 6.10. The van der Waals surface area contributed by atoms with Crippen LogP contribution in [0.4, 0.5) is 18.0 Å². The second-order valence-corrected chi connectivity index (χ2v) is 5.09. The number of halogens is 4. The number of benzene rings is 1. The molecule has 0 spiro atoms. The predicted molar refractivity (Wildman–Crippen MR) is 67.4 cm³/mol. The summed E-state index contributed by atoms with van der Waals surface area (Å²) in [7, 11) is 0. The Bertz CT molecular complexity index is 471. The zero-order valence-electron chi connectivity index (χ0n) is 10.5. The summed E-state index contributed by atoms with van der Waals surface area (Å²) >= 11 is 5.76. The number of hydrogen-bond acceptors (Lipinski definition) is 2. The summed E-state index contributed by atoms with van der Waals surface area (Å²) in [4.78, 5) is 13.0.